The van der Waals surface area contributed by atoms with E-state index in [-0.39, 0.29) is 24.4 Å². The van der Waals surface area contributed by atoms with E-state index in [0.717, 1.165) is 12.0 Å². The standard InChI is InChI=1S/C18H25NO4/c1-4-18(11-15(20)21,14-10-17(14,2)3)19-16(22)23-12-13-8-6-5-7-9-13/h5-9,14H,4,10-12H2,1-3H3,(H,19,22)(H,20,21). The van der Waals surface area contributed by atoms with Gasteiger partial charge in [-0.1, -0.05) is 51.1 Å². The lowest BCUT2D eigenvalue weighted by Crippen LogP contribution is -2.52. The minimum atomic E-state index is -0.905. The van der Waals surface area contributed by atoms with Crippen molar-refractivity contribution in [1.82, 2.24) is 5.32 Å². The van der Waals surface area contributed by atoms with Crippen LogP contribution in [0.15, 0.2) is 30.3 Å². The number of carboxylic acid groups (broad SMARTS) is 1. The third-order valence-electron chi connectivity index (χ3n) is 4.84. The van der Waals surface area contributed by atoms with Crippen LogP contribution in [0.1, 0.15) is 45.6 Å². The topological polar surface area (TPSA) is 75.6 Å². The highest BCUT2D eigenvalue weighted by Crippen LogP contribution is 2.59. The van der Waals surface area contributed by atoms with Crippen LogP contribution in [0.5, 0.6) is 0 Å². The summed E-state index contributed by atoms with van der Waals surface area (Å²) < 4.78 is 5.27. The van der Waals surface area contributed by atoms with Crippen molar-refractivity contribution in [2.75, 3.05) is 0 Å². The van der Waals surface area contributed by atoms with E-state index in [1.807, 2.05) is 37.3 Å². The van der Waals surface area contributed by atoms with Gasteiger partial charge < -0.3 is 15.2 Å². The largest absolute Gasteiger partial charge is 0.481 e. The molecule has 23 heavy (non-hydrogen) atoms. The SMILES string of the molecule is CCC(CC(=O)O)(NC(=O)OCc1ccccc1)C1CC1(C)C. The Bertz CT molecular complexity index is 570. The van der Waals surface area contributed by atoms with Gasteiger partial charge in [0.1, 0.15) is 6.61 Å². The van der Waals surface area contributed by atoms with E-state index in [2.05, 4.69) is 19.2 Å². The molecule has 1 fully saturated rings. The second-order valence-corrected chi connectivity index (χ2v) is 7.01. The highest BCUT2D eigenvalue weighted by molar-refractivity contribution is 5.73. The number of carbonyl (C=O) groups excluding carboxylic acids is 1. The van der Waals surface area contributed by atoms with Gasteiger partial charge in [0.15, 0.2) is 0 Å². The Balaban J connectivity index is 2.02. The molecule has 1 aromatic rings. The summed E-state index contributed by atoms with van der Waals surface area (Å²) in [7, 11) is 0. The lowest BCUT2D eigenvalue weighted by atomic mass is 9.83. The monoisotopic (exact) mass is 319 g/mol. The van der Waals surface area contributed by atoms with E-state index in [4.69, 9.17) is 4.74 Å². The van der Waals surface area contributed by atoms with Gasteiger partial charge in [0.05, 0.1) is 12.0 Å². The molecule has 5 nitrogen and oxygen atoms in total. The van der Waals surface area contributed by atoms with Crippen molar-refractivity contribution in [2.24, 2.45) is 11.3 Å². The molecule has 1 aliphatic carbocycles. The van der Waals surface area contributed by atoms with Crippen molar-refractivity contribution in [3.05, 3.63) is 35.9 Å². The molecule has 0 bridgehead atoms. The molecule has 0 radical (unpaired) electrons. The Morgan fingerprint density at radius 1 is 1.35 bits per heavy atom. The van der Waals surface area contributed by atoms with Gasteiger partial charge in [-0.2, -0.15) is 0 Å². The molecule has 0 saturated heterocycles. The number of carboxylic acids is 1. The van der Waals surface area contributed by atoms with Crippen LogP contribution in [-0.2, 0) is 16.1 Å². The van der Waals surface area contributed by atoms with Crippen molar-refractivity contribution < 1.29 is 19.4 Å². The number of amides is 1. The van der Waals surface area contributed by atoms with Gasteiger partial charge in [-0.15, -0.1) is 0 Å². The fraction of sp³-hybridized carbons (Fsp3) is 0.556. The van der Waals surface area contributed by atoms with Crippen molar-refractivity contribution >= 4 is 12.1 Å². The number of rotatable bonds is 7. The van der Waals surface area contributed by atoms with E-state index < -0.39 is 17.6 Å². The minimum absolute atomic E-state index is 0.0537. The first-order valence-electron chi connectivity index (χ1n) is 8.00. The van der Waals surface area contributed by atoms with Gasteiger partial charge in [-0.25, -0.2) is 4.79 Å². The fourth-order valence-corrected chi connectivity index (χ4v) is 3.36. The number of alkyl carbamates (subject to hydrolysis) is 1. The summed E-state index contributed by atoms with van der Waals surface area (Å²) in [5.74, 6) is -0.752. The zero-order valence-corrected chi connectivity index (χ0v) is 14.0. The summed E-state index contributed by atoms with van der Waals surface area (Å²) in [6, 6.07) is 9.41. The van der Waals surface area contributed by atoms with Gasteiger partial charge in [-0.05, 0) is 29.7 Å². The second kappa shape index (κ2) is 6.60. The highest BCUT2D eigenvalue weighted by atomic mass is 16.5. The maximum atomic E-state index is 12.2. The molecule has 1 aliphatic rings. The van der Waals surface area contributed by atoms with Crippen molar-refractivity contribution in [3.8, 4) is 0 Å². The normalized spacial score (nSPS) is 21.1. The zero-order valence-electron chi connectivity index (χ0n) is 14.0. The maximum Gasteiger partial charge on any atom is 0.407 e. The molecule has 0 aromatic heterocycles. The second-order valence-electron chi connectivity index (χ2n) is 7.01. The molecule has 2 rings (SSSR count). The van der Waals surface area contributed by atoms with Crippen LogP contribution in [0.4, 0.5) is 4.79 Å². The summed E-state index contributed by atoms with van der Waals surface area (Å²) in [5, 5.41) is 12.1. The lowest BCUT2D eigenvalue weighted by molar-refractivity contribution is -0.139. The molecular weight excluding hydrogens is 294 g/mol. The summed E-state index contributed by atoms with van der Waals surface area (Å²) >= 11 is 0. The van der Waals surface area contributed by atoms with Crippen LogP contribution < -0.4 is 5.32 Å². The molecule has 0 aliphatic heterocycles. The van der Waals surface area contributed by atoms with Gasteiger partial charge in [-0.3, -0.25) is 4.79 Å². The molecule has 126 valence electrons. The summed E-state index contributed by atoms with van der Waals surface area (Å²) in [4.78, 5) is 23.5. The van der Waals surface area contributed by atoms with Crippen LogP contribution in [0.25, 0.3) is 0 Å². The molecule has 2 unspecified atom stereocenters. The van der Waals surface area contributed by atoms with E-state index in [0.29, 0.717) is 6.42 Å². The number of hydrogen-bond donors (Lipinski definition) is 2. The van der Waals surface area contributed by atoms with Crippen molar-refractivity contribution in [2.45, 2.75) is 52.2 Å². The van der Waals surface area contributed by atoms with Gasteiger partial charge in [0, 0.05) is 0 Å². The van der Waals surface area contributed by atoms with Crippen molar-refractivity contribution in [3.63, 3.8) is 0 Å². The summed E-state index contributed by atoms with van der Waals surface area (Å²) in [6.45, 7) is 6.28. The van der Waals surface area contributed by atoms with Gasteiger partial charge in [0.2, 0.25) is 0 Å². The quantitative estimate of drug-likeness (QED) is 0.805. The molecule has 0 spiro atoms. The van der Waals surface area contributed by atoms with Crippen LogP contribution in [0.2, 0.25) is 0 Å². The maximum absolute atomic E-state index is 12.2. The van der Waals surface area contributed by atoms with Crippen LogP contribution in [-0.4, -0.2) is 22.7 Å². The summed E-state index contributed by atoms with van der Waals surface area (Å²) in [5.41, 5.74) is 0.205. The van der Waals surface area contributed by atoms with Gasteiger partial charge in [0.25, 0.3) is 0 Å². The first-order valence-corrected chi connectivity index (χ1v) is 8.00. The fourth-order valence-electron chi connectivity index (χ4n) is 3.36. The molecular formula is C18H25NO4. The average Bonchev–Trinajstić information content (AvgIpc) is 3.14. The third kappa shape index (κ3) is 4.24. The zero-order chi connectivity index (χ0) is 17.1. The van der Waals surface area contributed by atoms with E-state index >= 15 is 0 Å². The minimum Gasteiger partial charge on any atom is -0.481 e. The first-order chi connectivity index (χ1) is 10.8. The predicted octanol–water partition coefficient (Wildman–Crippen LogP) is 3.58. The molecule has 2 N–H and O–H groups in total. The van der Waals surface area contributed by atoms with Crippen LogP contribution in [0.3, 0.4) is 0 Å². The Kier molecular flexibility index (Phi) is 4.97. The Morgan fingerprint density at radius 3 is 2.43 bits per heavy atom. The molecule has 5 heteroatoms. The summed E-state index contributed by atoms with van der Waals surface area (Å²) in [6.07, 6.45) is 0.832. The average molecular weight is 319 g/mol. The molecule has 1 saturated carbocycles. The highest BCUT2D eigenvalue weighted by Gasteiger charge is 2.58. The number of ether oxygens (including phenoxy) is 1. The van der Waals surface area contributed by atoms with E-state index in [1.165, 1.54) is 0 Å². The van der Waals surface area contributed by atoms with Crippen LogP contribution >= 0.6 is 0 Å². The van der Waals surface area contributed by atoms with Crippen LogP contribution in [0, 0.1) is 11.3 Å². The Hall–Kier alpha value is -2.04. The van der Waals surface area contributed by atoms with E-state index in [1.54, 1.807) is 0 Å². The number of benzene rings is 1. The lowest BCUT2D eigenvalue weighted by Gasteiger charge is -2.34. The number of hydrogen-bond acceptors (Lipinski definition) is 3. The number of nitrogens with one attached hydrogen (secondary N) is 1. The molecule has 2 atom stereocenters. The molecule has 0 heterocycles. The number of aliphatic carboxylic acids is 1. The molecule has 1 amide bonds. The van der Waals surface area contributed by atoms with E-state index in [9.17, 15) is 14.7 Å². The number of carbonyl (C=O) groups is 2. The van der Waals surface area contributed by atoms with Gasteiger partial charge >= 0.3 is 12.1 Å². The Labute approximate surface area is 137 Å². The Morgan fingerprint density at radius 2 is 1.96 bits per heavy atom. The third-order valence-corrected chi connectivity index (χ3v) is 4.84. The molecule has 1 aromatic carbocycles. The predicted molar refractivity (Wildman–Crippen MR) is 86.9 cm³/mol. The first kappa shape index (κ1) is 17.3. The smallest absolute Gasteiger partial charge is 0.407 e. The van der Waals surface area contributed by atoms with Crippen molar-refractivity contribution in [1.29, 1.82) is 0 Å².